The number of hydrogen-bond acceptors (Lipinski definition) is 6. The molecule has 0 saturated carbocycles. The van der Waals surface area contributed by atoms with Crippen molar-refractivity contribution in [1.29, 1.82) is 0 Å². The van der Waals surface area contributed by atoms with E-state index in [0.29, 0.717) is 31.6 Å². The van der Waals surface area contributed by atoms with Gasteiger partial charge in [0, 0.05) is 37.8 Å². The number of carbonyl (C=O) groups excluding carboxylic acids is 2. The van der Waals surface area contributed by atoms with Crippen LogP contribution in [-0.4, -0.2) is 85.5 Å². The van der Waals surface area contributed by atoms with Gasteiger partial charge in [0.05, 0.1) is 10.9 Å². The van der Waals surface area contributed by atoms with Crippen LogP contribution in [0.5, 0.6) is 0 Å². The van der Waals surface area contributed by atoms with Crippen molar-refractivity contribution in [1.82, 2.24) is 14.5 Å². The molecule has 0 aromatic heterocycles. The van der Waals surface area contributed by atoms with Crippen LogP contribution in [-0.2, 0) is 19.6 Å². The lowest BCUT2D eigenvalue weighted by Crippen LogP contribution is -2.54. The standard InChI is InChI=1S/C22H32N4O4S.C2HF3O2/c1-2-26-18-10-8-14-25(16-18)22(28)20(23)12-5-3-4-6-13-24-31(29,30)19-11-7-9-17(15-19)21(26)27;3-2(4,5)1(6)7/h4,6-7,9,11,15,18,20,24H,2-3,5,8,10,12-14,16,23H2,1H3;(H,6,7)/b6-4-;. The summed E-state index contributed by atoms with van der Waals surface area (Å²) in [5, 5.41) is 7.12. The number of hydrogen-bond donors (Lipinski definition) is 3. The minimum atomic E-state index is -5.08. The van der Waals surface area contributed by atoms with Crippen LogP contribution in [0, 0.1) is 0 Å². The monoisotopic (exact) mass is 562 g/mol. The van der Waals surface area contributed by atoms with Gasteiger partial charge in [-0.2, -0.15) is 13.2 Å². The predicted molar refractivity (Wildman–Crippen MR) is 133 cm³/mol. The number of carboxylic acid groups (broad SMARTS) is 1. The lowest BCUT2D eigenvalue weighted by Gasteiger charge is -2.40. The molecule has 0 aliphatic carbocycles. The summed E-state index contributed by atoms with van der Waals surface area (Å²) in [6.07, 6.45) is 2.18. The van der Waals surface area contributed by atoms with E-state index < -0.39 is 28.2 Å². The van der Waals surface area contributed by atoms with Crippen LogP contribution >= 0.6 is 0 Å². The minimum Gasteiger partial charge on any atom is -0.475 e. The van der Waals surface area contributed by atoms with Crippen molar-refractivity contribution >= 4 is 27.8 Å². The Hall–Kier alpha value is -2.97. The Morgan fingerprint density at radius 3 is 2.50 bits per heavy atom. The van der Waals surface area contributed by atoms with Gasteiger partial charge in [0.25, 0.3) is 5.91 Å². The lowest BCUT2D eigenvalue weighted by atomic mass is 10.0. The minimum absolute atomic E-state index is 0.0620. The van der Waals surface area contributed by atoms with E-state index in [1.54, 1.807) is 28.0 Å². The molecule has 10 nitrogen and oxygen atoms in total. The first-order chi connectivity index (χ1) is 17.8. The number of aliphatic carboxylic acids is 1. The molecule has 1 fully saturated rings. The highest BCUT2D eigenvalue weighted by molar-refractivity contribution is 7.89. The summed E-state index contributed by atoms with van der Waals surface area (Å²) in [6.45, 7) is 3.62. The highest BCUT2D eigenvalue weighted by Crippen LogP contribution is 2.21. The number of halogens is 3. The molecular formula is C24H33F3N4O6S. The zero-order valence-electron chi connectivity index (χ0n) is 21.0. The first-order valence-corrected chi connectivity index (χ1v) is 13.7. The smallest absolute Gasteiger partial charge is 0.475 e. The Kier molecular flexibility index (Phi) is 11.3. The molecule has 2 atom stereocenters. The Bertz CT molecular complexity index is 1130. The topological polar surface area (TPSA) is 150 Å². The molecule has 212 valence electrons. The van der Waals surface area contributed by atoms with Gasteiger partial charge in [-0.15, -0.1) is 0 Å². The van der Waals surface area contributed by atoms with Gasteiger partial charge in [-0.3, -0.25) is 9.59 Å². The highest BCUT2D eigenvalue weighted by Gasteiger charge is 2.38. The Morgan fingerprint density at radius 1 is 1.18 bits per heavy atom. The molecule has 0 radical (unpaired) electrons. The average molecular weight is 563 g/mol. The first kappa shape index (κ1) is 31.2. The first-order valence-electron chi connectivity index (χ1n) is 12.2. The Labute approximate surface area is 219 Å². The molecule has 2 amide bonds. The number of alkyl halides is 3. The second-order valence-electron chi connectivity index (χ2n) is 8.86. The van der Waals surface area contributed by atoms with E-state index in [0.717, 1.165) is 25.7 Å². The van der Waals surface area contributed by atoms with Gasteiger partial charge in [-0.1, -0.05) is 18.2 Å². The fourth-order valence-corrected chi connectivity index (χ4v) is 5.22. The third kappa shape index (κ3) is 8.81. The number of piperidine rings is 1. The number of amides is 2. The summed E-state index contributed by atoms with van der Waals surface area (Å²) < 4.78 is 59.5. The lowest BCUT2D eigenvalue weighted by molar-refractivity contribution is -0.192. The van der Waals surface area contributed by atoms with Crippen LogP contribution < -0.4 is 10.5 Å². The van der Waals surface area contributed by atoms with E-state index in [-0.39, 0.29) is 29.3 Å². The molecule has 3 rings (SSSR count). The molecule has 14 heteroatoms. The predicted octanol–water partition coefficient (Wildman–Crippen LogP) is 2.12. The van der Waals surface area contributed by atoms with Gasteiger partial charge >= 0.3 is 12.1 Å². The van der Waals surface area contributed by atoms with Crippen LogP contribution in [0.2, 0.25) is 0 Å². The summed E-state index contributed by atoms with van der Waals surface area (Å²) in [5.41, 5.74) is 6.47. The Morgan fingerprint density at radius 2 is 1.87 bits per heavy atom. The van der Waals surface area contributed by atoms with Crippen LogP contribution in [0.25, 0.3) is 0 Å². The van der Waals surface area contributed by atoms with E-state index in [1.807, 2.05) is 13.0 Å². The normalized spacial score (nSPS) is 23.9. The average Bonchev–Trinajstić information content (AvgIpc) is 2.87. The molecule has 1 saturated heterocycles. The van der Waals surface area contributed by atoms with Crippen LogP contribution in [0.15, 0.2) is 41.3 Å². The van der Waals surface area contributed by atoms with Crippen molar-refractivity contribution in [3.05, 3.63) is 42.0 Å². The maximum absolute atomic E-state index is 13.3. The maximum Gasteiger partial charge on any atom is 0.490 e. The van der Waals surface area contributed by atoms with Gasteiger partial charge in [0.2, 0.25) is 15.9 Å². The molecule has 2 heterocycles. The van der Waals surface area contributed by atoms with Gasteiger partial charge in [0.1, 0.15) is 0 Å². The van der Waals surface area contributed by atoms with E-state index in [1.165, 1.54) is 12.1 Å². The van der Waals surface area contributed by atoms with E-state index in [9.17, 15) is 31.2 Å². The quantitative estimate of drug-likeness (QED) is 0.444. The number of nitrogens with zero attached hydrogens (tertiary/aromatic N) is 2. The third-order valence-electron chi connectivity index (χ3n) is 6.15. The van der Waals surface area contributed by atoms with E-state index in [2.05, 4.69) is 4.72 Å². The number of nitrogens with one attached hydrogen (secondary N) is 1. The molecule has 1 aromatic carbocycles. The SMILES string of the molecule is CCN1C(=O)c2cccc(c2)S(=O)(=O)NC/C=C\CCCC(N)C(=O)N2CCCC1C2.O=C(O)C(F)(F)F. The molecule has 2 aliphatic heterocycles. The van der Waals surface area contributed by atoms with Crippen molar-refractivity contribution < 1.29 is 41.1 Å². The fraction of sp³-hybridized carbons (Fsp3) is 0.542. The van der Waals surface area contributed by atoms with Crippen molar-refractivity contribution in [3.63, 3.8) is 0 Å². The highest BCUT2D eigenvalue weighted by atomic mass is 32.2. The Balaban J connectivity index is 0.000000638. The fourth-order valence-electron chi connectivity index (χ4n) is 4.19. The second-order valence-corrected chi connectivity index (χ2v) is 10.6. The molecular weight excluding hydrogens is 529 g/mol. The van der Waals surface area contributed by atoms with Gasteiger partial charge in [-0.25, -0.2) is 17.9 Å². The number of sulfonamides is 1. The summed E-state index contributed by atoms with van der Waals surface area (Å²) in [6, 6.07) is 5.43. The van der Waals surface area contributed by atoms with Crippen molar-refractivity contribution in [2.75, 3.05) is 26.2 Å². The van der Waals surface area contributed by atoms with Gasteiger partial charge in [-0.05, 0) is 57.2 Å². The molecule has 2 aliphatic rings. The van der Waals surface area contributed by atoms with Crippen LogP contribution in [0.3, 0.4) is 0 Å². The summed E-state index contributed by atoms with van der Waals surface area (Å²) in [5.74, 6) is -3.05. The summed E-state index contributed by atoms with van der Waals surface area (Å²) in [7, 11) is -3.72. The number of rotatable bonds is 1. The number of allylic oxidation sites excluding steroid dienone is 1. The number of carbonyl (C=O) groups is 3. The second kappa shape index (κ2) is 13.7. The van der Waals surface area contributed by atoms with Crippen molar-refractivity contribution in [2.45, 2.75) is 62.2 Å². The molecule has 2 unspecified atom stereocenters. The number of fused-ring (bicyclic) bond motifs is 4. The summed E-state index contributed by atoms with van der Waals surface area (Å²) >= 11 is 0. The van der Waals surface area contributed by atoms with Gasteiger partial charge < -0.3 is 20.6 Å². The zero-order valence-corrected chi connectivity index (χ0v) is 21.8. The van der Waals surface area contributed by atoms with Crippen LogP contribution in [0.1, 0.15) is 49.4 Å². The van der Waals surface area contributed by atoms with Crippen molar-refractivity contribution in [2.24, 2.45) is 5.73 Å². The molecule has 4 bridgehead atoms. The summed E-state index contributed by atoms with van der Waals surface area (Å²) in [4.78, 5) is 38.6. The number of benzene rings is 1. The molecule has 0 spiro atoms. The molecule has 1 aromatic rings. The zero-order chi connectivity index (χ0) is 28.5. The third-order valence-corrected chi connectivity index (χ3v) is 7.57. The maximum atomic E-state index is 13.3. The van der Waals surface area contributed by atoms with Crippen LogP contribution in [0.4, 0.5) is 13.2 Å². The molecule has 4 N–H and O–H groups in total. The molecule has 38 heavy (non-hydrogen) atoms. The van der Waals surface area contributed by atoms with Gasteiger partial charge in [0.15, 0.2) is 0 Å². The number of carboxylic acids is 1. The largest absolute Gasteiger partial charge is 0.490 e. The van der Waals surface area contributed by atoms with Crippen molar-refractivity contribution in [3.8, 4) is 0 Å². The number of nitrogens with two attached hydrogens (primary N) is 1. The van der Waals surface area contributed by atoms with E-state index >= 15 is 0 Å². The number of likely N-dealkylation sites (N-methyl/N-ethyl adjacent to an activating group) is 1. The van der Waals surface area contributed by atoms with E-state index in [4.69, 9.17) is 15.6 Å².